The fourth-order valence-corrected chi connectivity index (χ4v) is 9.61. The van der Waals surface area contributed by atoms with Gasteiger partial charge >= 0.3 is 0 Å². The van der Waals surface area contributed by atoms with E-state index in [0.717, 1.165) is 0 Å². The lowest BCUT2D eigenvalue weighted by atomic mass is 9.64. The van der Waals surface area contributed by atoms with E-state index in [1.165, 1.54) is 76.2 Å². The molecule has 7 aromatic carbocycles. The van der Waals surface area contributed by atoms with Gasteiger partial charge in [-0.1, -0.05) is 189 Å². The monoisotopic (exact) mass is 618 g/mol. The molecule has 0 bridgehead atoms. The molecule has 0 nitrogen and oxygen atoms in total. The smallest absolute Gasteiger partial charge is 0.0723 e. The maximum Gasteiger partial charge on any atom is 0.0723 e. The van der Waals surface area contributed by atoms with E-state index in [-0.39, 0.29) is 5.41 Å². The number of rotatable bonds is 4. The molecule has 0 unspecified atom stereocenters. The predicted molar refractivity (Wildman–Crippen MR) is 199 cm³/mol. The summed E-state index contributed by atoms with van der Waals surface area (Å²) in [6.07, 6.45) is 4.60. The Morgan fingerprint density at radius 1 is 0.468 bits per heavy atom. The van der Waals surface area contributed by atoms with E-state index in [2.05, 4.69) is 184 Å². The zero-order valence-electron chi connectivity index (χ0n) is 26.6. The highest BCUT2D eigenvalue weighted by molar-refractivity contribution is 7.99. The van der Waals surface area contributed by atoms with Gasteiger partial charge in [-0.2, -0.15) is 0 Å². The van der Waals surface area contributed by atoms with E-state index in [1.807, 2.05) is 11.8 Å². The summed E-state index contributed by atoms with van der Waals surface area (Å²) in [6.45, 7) is 4.76. The fraction of sp³-hybridized carbons (Fsp3) is 0.0870. The van der Waals surface area contributed by atoms with Crippen LogP contribution in [0.2, 0.25) is 0 Å². The minimum absolute atomic E-state index is 0.0700. The van der Waals surface area contributed by atoms with Crippen molar-refractivity contribution < 1.29 is 0 Å². The second kappa shape index (κ2) is 10.7. The van der Waals surface area contributed by atoms with E-state index in [4.69, 9.17) is 0 Å². The first-order valence-electron chi connectivity index (χ1n) is 16.4. The van der Waals surface area contributed by atoms with Gasteiger partial charge in [-0.25, -0.2) is 0 Å². The number of benzene rings is 7. The molecule has 1 aliphatic heterocycles. The van der Waals surface area contributed by atoms with E-state index in [0.29, 0.717) is 0 Å². The summed E-state index contributed by atoms with van der Waals surface area (Å²) < 4.78 is 0. The molecule has 224 valence electrons. The van der Waals surface area contributed by atoms with E-state index in [9.17, 15) is 0 Å². The molecular formula is C46H34S. The van der Waals surface area contributed by atoms with Crippen LogP contribution in [0.15, 0.2) is 168 Å². The normalized spacial score (nSPS) is 15.2. The van der Waals surface area contributed by atoms with Crippen LogP contribution in [0.4, 0.5) is 0 Å². The molecule has 0 aromatic heterocycles. The zero-order valence-corrected chi connectivity index (χ0v) is 27.4. The first-order valence-corrected chi connectivity index (χ1v) is 17.3. The van der Waals surface area contributed by atoms with Crippen molar-refractivity contribution in [2.75, 3.05) is 0 Å². The quantitative estimate of drug-likeness (QED) is 0.177. The number of hydrogen-bond acceptors (Lipinski definition) is 1. The molecule has 0 spiro atoms. The third kappa shape index (κ3) is 4.16. The van der Waals surface area contributed by atoms with Crippen LogP contribution in [-0.2, 0) is 10.8 Å². The third-order valence-corrected chi connectivity index (χ3v) is 11.7. The second-order valence-corrected chi connectivity index (χ2v) is 14.3. The van der Waals surface area contributed by atoms with E-state index >= 15 is 0 Å². The largest absolute Gasteiger partial charge is 0.0881 e. The third-order valence-electron chi connectivity index (χ3n) is 10.4. The highest BCUT2D eigenvalue weighted by Crippen LogP contribution is 2.62. The van der Waals surface area contributed by atoms with Gasteiger partial charge in [0.25, 0.3) is 0 Å². The van der Waals surface area contributed by atoms with Crippen LogP contribution in [0.1, 0.15) is 58.4 Å². The van der Waals surface area contributed by atoms with Gasteiger partial charge in [0.05, 0.1) is 5.41 Å². The topological polar surface area (TPSA) is 0 Å². The Kier molecular flexibility index (Phi) is 6.42. The Labute approximate surface area is 281 Å². The molecule has 0 N–H and O–H groups in total. The van der Waals surface area contributed by atoms with Gasteiger partial charge in [-0.05, 0) is 66.9 Å². The number of hydrogen-bond donors (Lipinski definition) is 0. The van der Waals surface area contributed by atoms with Crippen molar-refractivity contribution in [3.05, 3.63) is 202 Å². The zero-order chi connectivity index (χ0) is 31.6. The van der Waals surface area contributed by atoms with Gasteiger partial charge in [0, 0.05) is 20.8 Å². The van der Waals surface area contributed by atoms with Crippen molar-refractivity contribution >= 4 is 34.7 Å². The van der Waals surface area contributed by atoms with Crippen LogP contribution < -0.4 is 0 Å². The van der Waals surface area contributed by atoms with Crippen LogP contribution in [0, 0.1) is 0 Å². The molecule has 7 aromatic rings. The van der Waals surface area contributed by atoms with Crippen molar-refractivity contribution in [2.24, 2.45) is 0 Å². The molecule has 0 amide bonds. The minimum Gasteiger partial charge on any atom is -0.0881 e. The van der Waals surface area contributed by atoms with E-state index < -0.39 is 5.41 Å². The molecule has 1 heterocycles. The highest BCUT2D eigenvalue weighted by atomic mass is 32.2. The maximum absolute atomic E-state index is 2.44. The summed E-state index contributed by atoms with van der Waals surface area (Å²) >= 11 is 1.96. The molecule has 9 rings (SSSR count). The van der Waals surface area contributed by atoms with Gasteiger partial charge in [-0.15, -0.1) is 0 Å². The average molecular weight is 619 g/mol. The Morgan fingerprint density at radius 2 is 1.09 bits per heavy atom. The highest BCUT2D eigenvalue weighted by Gasteiger charge is 2.48. The van der Waals surface area contributed by atoms with Crippen molar-refractivity contribution in [1.29, 1.82) is 0 Å². The van der Waals surface area contributed by atoms with Crippen LogP contribution in [0.5, 0.6) is 0 Å². The van der Waals surface area contributed by atoms with Crippen molar-refractivity contribution in [2.45, 2.75) is 34.5 Å². The molecule has 1 heteroatoms. The molecule has 0 atom stereocenters. The van der Waals surface area contributed by atoms with Crippen LogP contribution >= 0.6 is 11.8 Å². The lowest BCUT2D eigenvalue weighted by Gasteiger charge is -2.43. The molecule has 47 heavy (non-hydrogen) atoms. The summed E-state index contributed by atoms with van der Waals surface area (Å²) in [5, 5.41) is 2.53. The number of fused-ring (bicyclic) bond motifs is 7. The van der Waals surface area contributed by atoms with Crippen molar-refractivity contribution in [1.82, 2.24) is 0 Å². The summed E-state index contributed by atoms with van der Waals surface area (Å²) in [5.74, 6) is 0. The standard InChI is InChI=1S/C46H34S/c1-45(2)38-22-12-11-21-37(38)42-39(45)28-29-41-44(42)47-43-33(27-25-31-24-26-32-14-9-10-15-34(32)30-31)16-13-23-40(43)46(41,35-17-5-3-6-18-35)36-19-7-4-8-20-36/h3-30H,1-2H3/b27-25+. The van der Waals surface area contributed by atoms with Gasteiger partial charge in [0.15, 0.2) is 0 Å². The van der Waals surface area contributed by atoms with Gasteiger partial charge in [0.2, 0.25) is 0 Å². The molecule has 0 saturated carbocycles. The SMILES string of the molecule is CC1(C)c2ccccc2-c2c1ccc1c2Sc2c(/C=C/c3ccc4ccccc4c3)cccc2C1(c1ccccc1)c1ccccc1. The van der Waals surface area contributed by atoms with Gasteiger partial charge < -0.3 is 0 Å². The maximum atomic E-state index is 2.44. The molecule has 0 saturated heterocycles. The molecule has 0 fully saturated rings. The summed E-state index contributed by atoms with van der Waals surface area (Å²) in [6, 6.07) is 58.4. The van der Waals surface area contributed by atoms with Crippen LogP contribution in [-0.4, -0.2) is 0 Å². The fourth-order valence-electron chi connectivity index (χ4n) is 8.17. The Balaban J connectivity index is 1.35. The first kappa shape index (κ1) is 28.1. The molecular weight excluding hydrogens is 585 g/mol. The second-order valence-electron chi connectivity index (χ2n) is 13.3. The van der Waals surface area contributed by atoms with Crippen LogP contribution in [0.25, 0.3) is 34.1 Å². The summed E-state index contributed by atoms with van der Waals surface area (Å²) in [5.41, 5.74) is 12.7. The lowest BCUT2D eigenvalue weighted by Crippen LogP contribution is -2.34. The summed E-state index contributed by atoms with van der Waals surface area (Å²) in [7, 11) is 0. The van der Waals surface area contributed by atoms with E-state index in [1.54, 1.807) is 0 Å². The molecule has 2 aliphatic rings. The van der Waals surface area contributed by atoms with Crippen molar-refractivity contribution in [3.8, 4) is 11.1 Å². The van der Waals surface area contributed by atoms with Gasteiger partial charge in [-0.3, -0.25) is 0 Å². The van der Waals surface area contributed by atoms with Crippen molar-refractivity contribution in [3.63, 3.8) is 0 Å². The molecule has 1 aliphatic carbocycles. The molecule has 0 radical (unpaired) electrons. The Morgan fingerprint density at radius 3 is 1.85 bits per heavy atom. The summed E-state index contributed by atoms with van der Waals surface area (Å²) in [4.78, 5) is 2.69. The predicted octanol–water partition coefficient (Wildman–Crippen LogP) is 12.2. The minimum atomic E-state index is -0.484. The Bertz CT molecular complexity index is 2300. The van der Waals surface area contributed by atoms with Gasteiger partial charge in [0.1, 0.15) is 0 Å². The van der Waals surface area contributed by atoms with Crippen LogP contribution in [0.3, 0.4) is 0 Å². The first-order chi connectivity index (χ1) is 23.1. The lowest BCUT2D eigenvalue weighted by molar-refractivity contribution is 0.655. The Hall–Kier alpha value is -5.11. The average Bonchev–Trinajstić information content (AvgIpc) is 3.36.